The Morgan fingerprint density at radius 1 is 1.35 bits per heavy atom. The molecule has 0 aliphatic carbocycles. The minimum atomic E-state index is -0.678. The van der Waals surface area contributed by atoms with Crippen molar-refractivity contribution in [3.63, 3.8) is 0 Å². The van der Waals surface area contributed by atoms with Crippen LogP contribution in [0.15, 0.2) is 28.7 Å². The summed E-state index contributed by atoms with van der Waals surface area (Å²) in [4.78, 5) is 13.4. The van der Waals surface area contributed by atoms with Crippen molar-refractivity contribution in [2.45, 2.75) is 19.8 Å². The van der Waals surface area contributed by atoms with Gasteiger partial charge in [-0.2, -0.15) is 0 Å². The van der Waals surface area contributed by atoms with Crippen LogP contribution in [0.3, 0.4) is 0 Å². The second kappa shape index (κ2) is 6.59. The summed E-state index contributed by atoms with van der Waals surface area (Å²) in [7, 11) is 0. The summed E-state index contributed by atoms with van der Waals surface area (Å²) < 4.78 is 6.72. The van der Waals surface area contributed by atoms with Crippen molar-refractivity contribution < 1.29 is 14.6 Å². The molecule has 20 heavy (non-hydrogen) atoms. The maximum absolute atomic E-state index is 11.2. The zero-order valence-electron chi connectivity index (χ0n) is 11.6. The zero-order chi connectivity index (χ0) is 14.6. The van der Waals surface area contributed by atoms with Gasteiger partial charge < -0.3 is 9.84 Å². The van der Waals surface area contributed by atoms with Crippen LogP contribution >= 0.6 is 15.9 Å². The van der Waals surface area contributed by atoms with Crippen molar-refractivity contribution in [1.29, 1.82) is 0 Å². The maximum atomic E-state index is 11.2. The molecule has 5 heteroatoms. The largest absolute Gasteiger partial charge is 0.492 e. The van der Waals surface area contributed by atoms with Gasteiger partial charge in [0.25, 0.3) is 0 Å². The number of carboxylic acids is 1. The number of carbonyl (C=O) groups is 1. The van der Waals surface area contributed by atoms with Gasteiger partial charge in [-0.15, -0.1) is 0 Å². The number of halogens is 1. The normalized spacial score (nSPS) is 18.7. The van der Waals surface area contributed by atoms with E-state index in [-0.39, 0.29) is 0 Å². The minimum Gasteiger partial charge on any atom is -0.492 e. The lowest BCUT2D eigenvalue weighted by molar-refractivity contribution is -0.150. The number of hydrogen-bond donors (Lipinski definition) is 1. The predicted molar refractivity (Wildman–Crippen MR) is 81.1 cm³/mol. The molecule has 1 aliphatic rings. The fourth-order valence-corrected chi connectivity index (χ4v) is 2.57. The van der Waals surface area contributed by atoms with Crippen molar-refractivity contribution in [1.82, 2.24) is 4.90 Å². The summed E-state index contributed by atoms with van der Waals surface area (Å²) in [5.41, 5.74) is -0.553. The Morgan fingerprint density at radius 3 is 2.50 bits per heavy atom. The smallest absolute Gasteiger partial charge is 0.309 e. The fraction of sp³-hybridized carbons (Fsp3) is 0.533. The van der Waals surface area contributed by atoms with Crippen molar-refractivity contribution in [2.24, 2.45) is 5.41 Å². The summed E-state index contributed by atoms with van der Waals surface area (Å²) >= 11 is 3.39. The van der Waals surface area contributed by atoms with Crippen LogP contribution in [0.4, 0.5) is 0 Å². The molecule has 110 valence electrons. The van der Waals surface area contributed by atoms with Crippen LogP contribution in [0, 0.1) is 5.41 Å². The summed E-state index contributed by atoms with van der Waals surface area (Å²) in [6, 6.07) is 7.77. The molecule has 0 unspecified atom stereocenters. The van der Waals surface area contributed by atoms with Crippen LogP contribution in [0.25, 0.3) is 0 Å². The first-order valence-electron chi connectivity index (χ1n) is 6.84. The van der Waals surface area contributed by atoms with E-state index in [0.29, 0.717) is 19.4 Å². The quantitative estimate of drug-likeness (QED) is 0.894. The molecular weight excluding hydrogens is 322 g/mol. The lowest BCUT2D eigenvalue weighted by Crippen LogP contribution is -2.43. The lowest BCUT2D eigenvalue weighted by atomic mass is 9.80. The molecule has 0 saturated carbocycles. The molecule has 1 aromatic rings. The van der Waals surface area contributed by atoms with Crippen LogP contribution in [0.5, 0.6) is 5.75 Å². The van der Waals surface area contributed by atoms with Gasteiger partial charge in [-0.05, 0) is 57.1 Å². The van der Waals surface area contributed by atoms with Crippen molar-refractivity contribution in [2.75, 3.05) is 26.2 Å². The van der Waals surface area contributed by atoms with Gasteiger partial charge in [0.1, 0.15) is 12.4 Å². The van der Waals surface area contributed by atoms with Crippen LogP contribution in [-0.2, 0) is 4.79 Å². The highest BCUT2D eigenvalue weighted by Gasteiger charge is 2.36. The van der Waals surface area contributed by atoms with Gasteiger partial charge in [0, 0.05) is 11.0 Å². The third-order valence-corrected chi connectivity index (χ3v) is 4.49. The molecule has 0 radical (unpaired) electrons. The minimum absolute atomic E-state index is 0.553. The van der Waals surface area contributed by atoms with Gasteiger partial charge in [-0.1, -0.05) is 15.9 Å². The Bertz CT molecular complexity index is 453. The van der Waals surface area contributed by atoms with E-state index >= 15 is 0 Å². The number of nitrogens with zero attached hydrogens (tertiary/aromatic N) is 1. The monoisotopic (exact) mass is 341 g/mol. The topological polar surface area (TPSA) is 49.8 Å². The Kier molecular flexibility index (Phi) is 5.05. The van der Waals surface area contributed by atoms with Crippen molar-refractivity contribution in [3.8, 4) is 5.75 Å². The SMILES string of the molecule is CC1(C(=O)O)CCN(CCOc2ccc(Br)cc2)CC1. The molecule has 4 nitrogen and oxygen atoms in total. The summed E-state index contributed by atoms with van der Waals surface area (Å²) in [6.45, 7) is 4.96. The molecule has 1 aromatic carbocycles. The van der Waals surface area contributed by atoms with Crippen molar-refractivity contribution in [3.05, 3.63) is 28.7 Å². The molecular formula is C15H20BrNO3. The standard InChI is InChI=1S/C15H20BrNO3/c1-15(14(18)19)6-8-17(9-7-15)10-11-20-13-4-2-12(16)3-5-13/h2-5H,6-11H2,1H3,(H,18,19). The number of hydrogen-bond acceptors (Lipinski definition) is 3. The van der Waals surface area contributed by atoms with E-state index in [1.807, 2.05) is 31.2 Å². The van der Waals surface area contributed by atoms with E-state index in [0.717, 1.165) is 29.9 Å². The van der Waals surface area contributed by atoms with Crippen molar-refractivity contribution >= 4 is 21.9 Å². The third kappa shape index (κ3) is 3.96. The third-order valence-electron chi connectivity index (χ3n) is 3.97. The maximum Gasteiger partial charge on any atom is 0.309 e. The number of rotatable bonds is 5. The fourth-order valence-electron chi connectivity index (χ4n) is 2.31. The predicted octanol–water partition coefficient (Wildman–Crippen LogP) is 3.01. The Morgan fingerprint density at radius 2 is 1.95 bits per heavy atom. The van der Waals surface area contributed by atoms with Crippen LogP contribution < -0.4 is 4.74 Å². The molecule has 0 amide bonds. The first kappa shape index (κ1) is 15.3. The summed E-state index contributed by atoms with van der Waals surface area (Å²) in [5.74, 6) is 0.184. The second-order valence-electron chi connectivity index (χ2n) is 5.51. The molecule has 0 atom stereocenters. The molecule has 1 heterocycles. The van der Waals surface area contributed by atoms with E-state index in [2.05, 4.69) is 20.8 Å². The summed E-state index contributed by atoms with van der Waals surface area (Å²) in [6.07, 6.45) is 1.42. The molecule has 0 aromatic heterocycles. The van der Waals surface area contributed by atoms with E-state index in [1.165, 1.54) is 0 Å². The Balaban J connectivity index is 1.71. The molecule has 1 saturated heterocycles. The molecule has 1 fully saturated rings. The lowest BCUT2D eigenvalue weighted by Gasteiger charge is -2.36. The first-order chi connectivity index (χ1) is 9.49. The Hall–Kier alpha value is -1.07. The van der Waals surface area contributed by atoms with Gasteiger partial charge in [-0.3, -0.25) is 9.69 Å². The molecule has 1 aliphatic heterocycles. The molecule has 2 rings (SSSR count). The molecule has 1 N–H and O–H groups in total. The van der Waals surface area contributed by atoms with Gasteiger partial charge in [-0.25, -0.2) is 0 Å². The number of aliphatic carboxylic acids is 1. The van der Waals surface area contributed by atoms with Gasteiger partial charge in [0.2, 0.25) is 0 Å². The highest BCUT2D eigenvalue weighted by atomic mass is 79.9. The van der Waals surface area contributed by atoms with Crippen LogP contribution in [-0.4, -0.2) is 42.2 Å². The summed E-state index contributed by atoms with van der Waals surface area (Å²) in [5, 5.41) is 9.18. The average Bonchev–Trinajstić information content (AvgIpc) is 2.43. The van der Waals surface area contributed by atoms with Gasteiger partial charge >= 0.3 is 5.97 Å². The number of carboxylic acid groups (broad SMARTS) is 1. The molecule has 0 spiro atoms. The van der Waals surface area contributed by atoms with E-state index in [1.54, 1.807) is 0 Å². The number of piperidine rings is 1. The number of benzene rings is 1. The highest BCUT2D eigenvalue weighted by Crippen LogP contribution is 2.30. The average molecular weight is 342 g/mol. The first-order valence-corrected chi connectivity index (χ1v) is 7.63. The van der Waals surface area contributed by atoms with Crippen LogP contribution in [0.2, 0.25) is 0 Å². The Labute approximate surface area is 127 Å². The number of ether oxygens (including phenoxy) is 1. The molecule has 0 bridgehead atoms. The van der Waals surface area contributed by atoms with E-state index < -0.39 is 11.4 Å². The van der Waals surface area contributed by atoms with Gasteiger partial charge in [0.15, 0.2) is 0 Å². The van der Waals surface area contributed by atoms with E-state index in [4.69, 9.17) is 4.74 Å². The highest BCUT2D eigenvalue weighted by molar-refractivity contribution is 9.10. The van der Waals surface area contributed by atoms with Crippen LogP contribution in [0.1, 0.15) is 19.8 Å². The van der Waals surface area contributed by atoms with E-state index in [9.17, 15) is 9.90 Å². The zero-order valence-corrected chi connectivity index (χ0v) is 13.2. The second-order valence-corrected chi connectivity index (χ2v) is 6.43. The van der Waals surface area contributed by atoms with Gasteiger partial charge in [0.05, 0.1) is 5.41 Å². The number of likely N-dealkylation sites (tertiary alicyclic amines) is 1.